The average molecular weight is 455 g/mol. The molecular formula is C29H42O4. The third-order valence-electron chi connectivity index (χ3n) is 12.2. The lowest BCUT2D eigenvalue weighted by Gasteiger charge is -2.69. The Bertz CT molecular complexity index is 947. The lowest BCUT2D eigenvalue weighted by molar-refractivity contribution is -0.231. The van der Waals surface area contributed by atoms with Crippen molar-refractivity contribution in [3.63, 3.8) is 0 Å². The van der Waals surface area contributed by atoms with E-state index in [0.29, 0.717) is 31.1 Å². The average Bonchev–Trinajstić information content (AvgIpc) is 3.23. The van der Waals surface area contributed by atoms with Gasteiger partial charge in [-0.15, -0.1) is 0 Å². The topological polar surface area (TPSA) is 74.6 Å². The Hall–Kier alpha value is -1.58. The summed E-state index contributed by atoms with van der Waals surface area (Å²) in [5.74, 6) is -0.617. The number of hydrogen-bond donors (Lipinski definition) is 2. The standard InChI is InChI=1S/C29H42O4/c1-17(2)18-9-12-28(23(30)31)15-16-29(24(32)33)19(22(18)28)7-8-21-26(5)14-13-25(3,4)20(26)10-11-27(21,29)6/h13-14,18-22H,1,7-12,15-16H2,2-6H3,(H,30,31)(H,32,33)/t18-,19+,20?,21?,22?,26-,27+,28-,29+/m0/s1. The van der Waals surface area contributed by atoms with Gasteiger partial charge >= 0.3 is 11.9 Å². The third kappa shape index (κ3) is 2.54. The number of fused-ring (bicyclic) bond motifs is 7. The molecule has 4 heteroatoms. The summed E-state index contributed by atoms with van der Waals surface area (Å²) < 4.78 is 0. The smallest absolute Gasteiger partial charge is 0.310 e. The van der Waals surface area contributed by atoms with Crippen LogP contribution < -0.4 is 0 Å². The Morgan fingerprint density at radius 2 is 1.55 bits per heavy atom. The van der Waals surface area contributed by atoms with E-state index in [1.807, 2.05) is 6.92 Å². The molecule has 3 unspecified atom stereocenters. The van der Waals surface area contributed by atoms with E-state index in [1.54, 1.807) is 0 Å². The molecular weight excluding hydrogens is 412 g/mol. The predicted molar refractivity (Wildman–Crippen MR) is 128 cm³/mol. The van der Waals surface area contributed by atoms with Crippen LogP contribution in [-0.4, -0.2) is 22.2 Å². The molecule has 4 nitrogen and oxygen atoms in total. The van der Waals surface area contributed by atoms with Crippen molar-refractivity contribution in [2.75, 3.05) is 0 Å². The van der Waals surface area contributed by atoms with E-state index in [1.165, 1.54) is 0 Å². The van der Waals surface area contributed by atoms with Gasteiger partial charge in [-0.05, 0) is 104 Å². The zero-order valence-corrected chi connectivity index (χ0v) is 21.1. The van der Waals surface area contributed by atoms with Crippen molar-refractivity contribution in [3.8, 4) is 0 Å². The normalized spacial score (nSPS) is 51.7. The van der Waals surface area contributed by atoms with Gasteiger partial charge in [0.1, 0.15) is 0 Å². The van der Waals surface area contributed by atoms with Crippen molar-refractivity contribution in [1.29, 1.82) is 0 Å². The molecule has 0 aromatic rings. The minimum absolute atomic E-state index is 0.00862. The van der Waals surface area contributed by atoms with Crippen molar-refractivity contribution < 1.29 is 19.8 Å². The highest BCUT2D eigenvalue weighted by Crippen LogP contribution is 2.77. The third-order valence-corrected chi connectivity index (χ3v) is 12.2. The number of carboxylic acids is 2. The second kappa shape index (κ2) is 6.76. The van der Waals surface area contributed by atoms with Crippen molar-refractivity contribution in [2.24, 2.45) is 56.7 Å². The summed E-state index contributed by atoms with van der Waals surface area (Å²) >= 11 is 0. The molecule has 33 heavy (non-hydrogen) atoms. The van der Waals surface area contributed by atoms with Crippen LogP contribution in [0, 0.1) is 56.7 Å². The van der Waals surface area contributed by atoms with Crippen LogP contribution in [-0.2, 0) is 9.59 Å². The summed E-state index contributed by atoms with van der Waals surface area (Å²) in [6, 6.07) is 0. The molecule has 0 spiro atoms. The van der Waals surface area contributed by atoms with Gasteiger partial charge < -0.3 is 10.2 Å². The molecule has 9 atom stereocenters. The van der Waals surface area contributed by atoms with Gasteiger partial charge in [-0.25, -0.2) is 0 Å². The first kappa shape index (κ1) is 23.2. The van der Waals surface area contributed by atoms with Gasteiger partial charge in [0.25, 0.3) is 0 Å². The SMILES string of the molecule is C=C(C)[C@@H]1CC[C@]2(C(=O)O)CC[C@]3(C(=O)O)[C@H](CCC4[C@@]5(C)C=CC(C)(C)C5CC[C@]43C)C12. The van der Waals surface area contributed by atoms with Gasteiger partial charge in [0, 0.05) is 0 Å². The first-order valence-corrected chi connectivity index (χ1v) is 13.1. The number of rotatable bonds is 3. The summed E-state index contributed by atoms with van der Waals surface area (Å²) in [6.45, 7) is 15.6. The summed E-state index contributed by atoms with van der Waals surface area (Å²) in [4.78, 5) is 26.2. The zero-order valence-electron chi connectivity index (χ0n) is 21.1. The number of carbonyl (C=O) groups is 2. The molecule has 2 N–H and O–H groups in total. The lowest BCUT2D eigenvalue weighted by Crippen LogP contribution is -2.68. The number of carboxylic acid groups (broad SMARTS) is 2. The molecule has 0 heterocycles. The van der Waals surface area contributed by atoms with E-state index in [0.717, 1.165) is 37.7 Å². The predicted octanol–water partition coefficient (Wildman–Crippen LogP) is 6.57. The quantitative estimate of drug-likeness (QED) is 0.473. The zero-order chi connectivity index (χ0) is 24.2. The molecule has 4 fully saturated rings. The van der Waals surface area contributed by atoms with Gasteiger partial charge in [0.05, 0.1) is 10.8 Å². The molecule has 5 aliphatic carbocycles. The van der Waals surface area contributed by atoms with Crippen LogP contribution in [0.3, 0.4) is 0 Å². The van der Waals surface area contributed by atoms with Crippen LogP contribution in [0.4, 0.5) is 0 Å². The highest BCUT2D eigenvalue weighted by atomic mass is 16.4. The maximum absolute atomic E-state index is 13.4. The van der Waals surface area contributed by atoms with Crippen LogP contribution in [0.25, 0.3) is 0 Å². The second-order valence-corrected chi connectivity index (χ2v) is 13.5. The monoisotopic (exact) mass is 454 g/mol. The highest BCUT2D eigenvalue weighted by molar-refractivity contribution is 5.80. The van der Waals surface area contributed by atoms with Crippen LogP contribution >= 0.6 is 0 Å². The molecule has 0 aromatic carbocycles. The molecule has 0 amide bonds. The van der Waals surface area contributed by atoms with Gasteiger partial charge in [0.2, 0.25) is 0 Å². The Kier molecular flexibility index (Phi) is 4.75. The van der Waals surface area contributed by atoms with E-state index in [4.69, 9.17) is 0 Å². The van der Waals surface area contributed by atoms with Gasteiger partial charge in [-0.2, -0.15) is 0 Å². The van der Waals surface area contributed by atoms with E-state index in [2.05, 4.69) is 46.4 Å². The molecule has 0 bridgehead atoms. The Labute approximate surface area is 198 Å². The van der Waals surface area contributed by atoms with Crippen molar-refractivity contribution in [3.05, 3.63) is 24.3 Å². The lowest BCUT2D eigenvalue weighted by atomic mass is 9.33. The Morgan fingerprint density at radius 3 is 2.15 bits per heavy atom. The summed E-state index contributed by atoms with van der Waals surface area (Å²) in [6.07, 6.45) is 11.1. The summed E-state index contributed by atoms with van der Waals surface area (Å²) in [7, 11) is 0. The second-order valence-electron chi connectivity index (χ2n) is 13.5. The van der Waals surface area contributed by atoms with Gasteiger partial charge in [-0.1, -0.05) is 52.0 Å². The van der Waals surface area contributed by atoms with Crippen molar-refractivity contribution in [1.82, 2.24) is 0 Å². The fourth-order valence-corrected chi connectivity index (χ4v) is 10.9. The van der Waals surface area contributed by atoms with Crippen LogP contribution in [0.5, 0.6) is 0 Å². The number of aliphatic carboxylic acids is 2. The minimum atomic E-state index is -0.855. The Balaban J connectivity index is 1.66. The van der Waals surface area contributed by atoms with Crippen molar-refractivity contribution in [2.45, 2.75) is 86.0 Å². The molecule has 0 radical (unpaired) electrons. The van der Waals surface area contributed by atoms with Gasteiger partial charge in [-0.3, -0.25) is 9.59 Å². The number of hydrogen-bond acceptors (Lipinski definition) is 2. The largest absolute Gasteiger partial charge is 0.481 e. The minimum Gasteiger partial charge on any atom is -0.481 e. The van der Waals surface area contributed by atoms with Crippen LogP contribution in [0.15, 0.2) is 24.3 Å². The van der Waals surface area contributed by atoms with Crippen molar-refractivity contribution >= 4 is 11.9 Å². The van der Waals surface area contributed by atoms with Crippen LogP contribution in [0.1, 0.15) is 86.0 Å². The van der Waals surface area contributed by atoms with E-state index >= 15 is 0 Å². The molecule has 0 saturated heterocycles. The van der Waals surface area contributed by atoms with E-state index < -0.39 is 22.8 Å². The molecule has 182 valence electrons. The first-order valence-electron chi connectivity index (χ1n) is 13.1. The van der Waals surface area contributed by atoms with Crippen LogP contribution in [0.2, 0.25) is 0 Å². The molecule has 0 aromatic heterocycles. The fraction of sp³-hybridized carbons (Fsp3) is 0.793. The summed E-state index contributed by atoms with van der Waals surface area (Å²) in [5.41, 5.74) is -0.781. The van der Waals surface area contributed by atoms with Gasteiger partial charge in [0.15, 0.2) is 0 Å². The first-order chi connectivity index (χ1) is 15.3. The highest BCUT2D eigenvalue weighted by Gasteiger charge is 2.75. The number of allylic oxidation sites excluding steroid dienone is 3. The maximum Gasteiger partial charge on any atom is 0.310 e. The van der Waals surface area contributed by atoms with E-state index in [9.17, 15) is 19.8 Å². The molecule has 5 rings (SSSR count). The summed E-state index contributed by atoms with van der Waals surface area (Å²) in [5, 5.41) is 21.5. The van der Waals surface area contributed by atoms with E-state index in [-0.39, 0.29) is 34.0 Å². The fourth-order valence-electron chi connectivity index (χ4n) is 10.9. The Morgan fingerprint density at radius 1 is 0.848 bits per heavy atom. The molecule has 5 aliphatic rings. The maximum atomic E-state index is 13.4. The molecule has 0 aliphatic heterocycles. The molecule has 4 saturated carbocycles.